The molecule has 104 valence electrons. The zero-order valence-corrected chi connectivity index (χ0v) is 14.3. The molecule has 0 saturated heterocycles. The first kappa shape index (κ1) is 15.8. The predicted molar refractivity (Wildman–Crippen MR) is 85.0 cm³/mol. The molecule has 1 aromatic rings. The Morgan fingerprint density at radius 3 is 1.89 bits per heavy atom. The van der Waals surface area contributed by atoms with Crippen LogP contribution < -0.4 is 0 Å². The van der Waals surface area contributed by atoms with Gasteiger partial charge < -0.3 is 0 Å². The lowest BCUT2D eigenvalue weighted by Crippen LogP contribution is -2.16. The smallest absolute Gasteiger partial charge is 0.0139 e. The van der Waals surface area contributed by atoms with Crippen molar-refractivity contribution in [1.29, 1.82) is 0 Å². The van der Waals surface area contributed by atoms with Gasteiger partial charge in [-0.25, -0.2) is 0 Å². The van der Waals surface area contributed by atoms with Crippen LogP contribution in [0.3, 0.4) is 0 Å². The zero-order valence-electron chi connectivity index (χ0n) is 13.5. The SMILES string of the molecule is CCC(C)(C)c1cc(C(C)C)c(C(C)(C)CC)s1. The maximum atomic E-state index is 2.48. The molecule has 0 N–H and O–H groups in total. The van der Waals surface area contributed by atoms with Gasteiger partial charge in [-0.3, -0.25) is 0 Å². The third kappa shape index (κ3) is 2.99. The molecule has 0 fully saturated rings. The molecular weight excluding hydrogens is 236 g/mol. The Morgan fingerprint density at radius 2 is 1.50 bits per heavy atom. The van der Waals surface area contributed by atoms with Crippen molar-refractivity contribution in [3.8, 4) is 0 Å². The van der Waals surface area contributed by atoms with E-state index in [4.69, 9.17) is 0 Å². The third-order valence-corrected chi connectivity index (χ3v) is 6.32. The molecule has 0 amide bonds. The molecule has 0 radical (unpaired) electrons. The molecule has 0 aliphatic carbocycles. The summed E-state index contributed by atoms with van der Waals surface area (Å²) in [5.74, 6) is 0.628. The topological polar surface area (TPSA) is 0 Å². The fraction of sp³-hybridized carbons (Fsp3) is 0.765. The lowest BCUT2D eigenvalue weighted by Gasteiger charge is -2.24. The van der Waals surface area contributed by atoms with Crippen LogP contribution in [0.2, 0.25) is 0 Å². The molecule has 1 aromatic heterocycles. The van der Waals surface area contributed by atoms with Crippen molar-refractivity contribution in [2.75, 3.05) is 0 Å². The molecule has 1 heterocycles. The summed E-state index contributed by atoms with van der Waals surface area (Å²) < 4.78 is 0. The number of hydrogen-bond donors (Lipinski definition) is 0. The highest BCUT2D eigenvalue weighted by molar-refractivity contribution is 7.12. The molecule has 1 rings (SSSR count). The Hall–Kier alpha value is -0.300. The van der Waals surface area contributed by atoms with Crippen LogP contribution in [0, 0.1) is 0 Å². The van der Waals surface area contributed by atoms with Crippen LogP contribution in [0.15, 0.2) is 6.07 Å². The van der Waals surface area contributed by atoms with Gasteiger partial charge >= 0.3 is 0 Å². The number of hydrogen-bond acceptors (Lipinski definition) is 1. The quantitative estimate of drug-likeness (QED) is 0.591. The van der Waals surface area contributed by atoms with Gasteiger partial charge in [-0.2, -0.15) is 0 Å². The summed E-state index contributed by atoms with van der Waals surface area (Å²) in [7, 11) is 0. The summed E-state index contributed by atoms with van der Waals surface area (Å²) >= 11 is 2.05. The molecular formula is C17H30S. The monoisotopic (exact) mass is 266 g/mol. The Bertz CT molecular complexity index is 394. The largest absolute Gasteiger partial charge is 0.144 e. The summed E-state index contributed by atoms with van der Waals surface area (Å²) in [4.78, 5) is 3.17. The van der Waals surface area contributed by atoms with Crippen molar-refractivity contribution in [2.45, 2.75) is 85.0 Å². The average Bonchev–Trinajstić information content (AvgIpc) is 2.75. The molecule has 0 bridgehead atoms. The summed E-state index contributed by atoms with van der Waals surface area (Å²) in [5.41, 5.74) is 2.20. The molecule has 0 unspecified atom stereocenters. The lowest BCUT2D eigenvalue weighted by molar-refractivity contribution is 0.510. The van der Waals surface area contributed by atoms with E-state index in [-0.39, 0.29) is 0 Å². The second kappa shape index (κ2) is 5.36. The van der Waals surface area contributed by atoms with E-state index in [0.29, 0.717) is 16.7 Å². The molecule has 1 heteroatoms. The van der Waals surface area contributed by atoms with Crippen LogP contribution in [0.4, 0.5) is 0 Å². The van der Waals surface area contributed by atoms with Gasteiger partial charge in [0.05, 0.1) is 0 Å². The maximum absolute atomic E-state index is 2.48. The van der Waals surface area contributed by atoms with Crippen molar-refractivity contribution in [2.24, 2.45) is 0 Å². The van der Waals surface area contributed by atoms with Gasteiger partial charge in [-0.15, -0.1) is 11.3 Å². The van der Waals surface area contributed by atoms with Crippen LogP contribution in [-0.4, -0.2) is 0 Å². The first-order valence-corrected chi connectivity index (χ1v) is 8.12. The van der Waals surface area contributed by atoms with E-state index in [1.807, 2.05) is 0 Å². The van der Waals surface area contributed by atoms with E-state index in [2.05, 4.69) is 72.8 Å². The molecule has 18 heavy (non-hydrogen) atoms. The fourth-order valence-electron chi connectivity index (χ4n) is 2.03. The van der Waals surface area contributed by atoms with Gasteiger partial charge in [-0.05, 0) is 41.2 Å². The van der Waals surface area contributed by atoms with E-state index < -0.39 is 0 Å². The second-order valence-electron chi connectivity index (χ2n) is 7.02. The van der Waals surface area contributed by atoms with Gasteiger partial charge in [0, 0.05) is 9.75 Å². The number of thiophene rings is 1. The Labute approximate surface area is 118 Å². The van der Waals surface area contributed by atoms with Crippen LogP contribution in [0.1, 0.15) is 89.5 Å². The van der Waals surface area contributed by atoms with E-state index in [1.165, 1.54) is 12.8 Å². The van der Waals surface area contributed by atoms with Crippen molar-refractivity contribution in [1.82, 2.24) is 0 Å². The average molecular weight is 266 g/mol. The summed E-state index contributed by atoms with van der Waals surface area (Å²) in [6.07, 6.45) is 2.41. The highest BCUT2D eigenvalue weighted by Gasteiger charge is 2.29. The Morgan fingerprint density at radius 1 is 1.00 bits per heavy atom. The van der Waals surface area contributed by atoms with Gasteiger partial charge in [0.1, 0.15) is 0 Å². The first-order chi connectivity index (χ1) is 8.15. The number of rotatable bonds is 5. The minimum Gasteiger partial charge on any atom is -0.144 e. The normalized spacial score (nSPS) is 13.4. The molecule has 0 aromatic carbocycles. The molecule has 0 saturated carbocycles. The van der Waals surface area contributed by atoms with E-state index in [1.54, 1.807) is 15.3 Å². The highest BCUT2D eigenvalue weighted by atomic mass is 32.1. The summed E-state index contributed by atoms with van der Waals surface area (Å²) in [6, 6.07) is 2.48. The molecule has 0 atom stereocenters. The van der Waals surface area contributed by atoms with Crippen LogP contribution in [-0.2, 0) is 10.8 Å². The maximum Gasteiger partial charge on any atom is 0.0139 e. The van der Waals surface area contributed by atoms with E-state index in [0.717, 1.165) is 0 Å². The van der Waals surface area contributed by atoms with E-state index in [9.17, 15) is 0 Å². The molecule has 0 nitrogen and oxygen atoms in total. The second-order valence-corrected chi connectivity index (χ2v) is 8.08. The zero-order chi connectivity index (χ0) is 14.1. The van der Waals surface area contributed by atoms with E-state index >= 15 is 0 Å². The van der Waals surface area contributed by atoms with Gasteiger partial charge in [0.15, 0.2) is 0 Å². The third-order valence-electron chi connectivity index (χ3n) is 4.43. The van der Waals surface area contributed by atoms with Crippen molar-refractivity contribution in [3.05, 3.63) is 21.4 Å². The van der Waals surface area contributed by atoms with Crippen LogP contribution in [0.5, 0.6) is 0 Å². The Kier molecular flexibility index (Phi) is 4.70. The summed E-state index contributed by atoms with van der Waals surface area (Å²) in [5, 5.41) is 0. The molecule has 0 aliphatic rings. The van der Waals surface area contributed by atoms with Crippen LogP contribution >= 0.6 is 11.3 Å². The van der Waals surface area contributed by atoms with Gasteiger partial charge in [-0.1, -0.05) is 55.4 Å². The minimum atomic E-state index is 0.312. The van der Waals surface area contributed by atoms with Crippen molar-refractivity contribution >= 4 is 11.3 Å². The van der Waals surface area contributed by atoms with Gasteiger partial charge in [0.2, 0.25) is 0 Å². The standard InChI is InChI=1S/C17H30S/c1-9-16(5,6)14-11-13(12(3)4)15(18-14)17(7,8)10-2/h11-12H,9-10H2,1-8H3. The molecule has 0 spiro atoms. The highest BCUT2D eigenvalue weighted by Crippen LogP contribution is 2.43. The predicted octanol–water partition coefficient (Wildman–Crippen LogP) is 6.25. The minimum absolute atomic E-state index is 0.312. The first-order valence-electron chi connectivity index (χ1n) is 7.30. The summed E-state index contributed by atoms with van der Waals surface area (Å²) in [6.45, 7) is 18.7. The van der Waals surface area contributed by atoms with Crippen molar-refractivity contribution < 1.29 is 0 Å². The van der Waals surface area contributed by atoms with Gasteiger partial charge in [0.25, 0.3) is 0 Å². The molecule has 0 aliphatic heterocycles. The fourth-order valence-corrected chi connectivity index (χ4v) is 3.69. The Balaban J connectivity index is 3.34. The van der Waals surface area contributed by atoms with Crippen molar-refractivity contribution in [3.63, 3.8) is 0 Å². The lowest BCUT2D eigenvalue weighted by atomic mass is 9.82. The van der Waals surface area contributed by atoms with Crippen LogP contribution in [0.25, 0.3) is 0 Å².